The number of rotatable bonds is 3. The average molecular weight is 344 g/mol. The van der Waals surface area contributed by atoms with Crippen molar-refractivity contribution in [1.82, 2.24) is 9.97 Å². The number of fused-ring (bicyclic) bond motifs is 2. The van der Waals surface area contributed by atoms with Crippen LogP contribution in [0.1, 0.15) is 21.0 Å². The van der Waals surface area contributed by atoms with Crippen molar-refractivity contribution < 1.29 is 19.8 Å². The number of benzene rings is 2. The van der Waals surface area contributed by atoms with E-state index in [2.05, 4.69) is 9.97 Å². The first-order chi connectivity index (χ1) is 12.5. The molecule has 2 aromatic heterocycles. The first-order valence-corrected chi connectivity index (χ1v) is 7.81. The number of aromatic nitrogens is 2. The van der Waals surface area contributed by atoms with Crippen molar-refractivity contribution in [3.8, 4) is 11.1 Å². The molecule has 4 rings (SSSR count). The molecule has 2 heterocycles. The van der Waals surface area contributed by atoms with Crippen LogP contribution >= 0.6 is 0 Å². The Labute approximate surface area is 147 Å². The van der Waals surface area contributed by atoms with Gasteiger partial charge in [0, 0.05) is 21.9 Å². The van der Waals surface area contributed by atoms with Crippen LogP contribution in [0.2, 0.25) is 0 Å². The molecule has 0 aliphatic carbocycles. The van der Waals surface area contributed by atoms with E-state index in [4.69, 9.17) is 0 Å². The maximum absolute atomic E-state index is 11.8. The van der Waals surface area contributed by atoms with Gasteiger partial charge in [0.15, 0.2) is 11.4 Å². The summed E-state index contributed by atoms with van der Waals surface area (Å²) in [6, 6.07) is 17.5. The second-order valence-electron chi connectivity index (χ2n) is 5.76. The number of nitrogens with zero attached hydrogens (tertiary/aromatic N) is 2. The highest BCUT2D eigenvalue weighted by Crippen LogP contribution is 2.31. The highest BCUT2D eigenvalue weighted by atomic mass is 16.4. The monoisotopic (exact) mass is 344 g/mol. The van der Waals surface area contributed by atoms with E-state index in [-0.39, 0.29) is 22.5 Å². The van der Waals surface area contributed by atoms with E-state index in [1.54, 1.807) is 48.5 Å². The number of aromatic carboxylic acids is 2. The van der Waals surface area contributed by atoms with Gasteiger partial charge in [0.25, 0.3) is 0 Å². The molecule has 0 bridgehead atoms. The molecule has 0 radical (unpaired) electrons. The second-order valence-corrected chi connectivity index (χ2v) is 5.76. The van der Waals surface area contributed by atoms with E-state index in [1.165, 1.54) is 0 Å². The quantitative estimate of drug-likeness (QED) is 0.585. The summed E-state index contributed by atoms with van der Waals surface area (Å²) in [5.41, 5.74) is 1.10. The second kappa shape index (κ2) is 5.93. The predicted octanol–water partition coefficient (Wildman–Crippen LogP) is 3.85. The Balaban J connectivity index is 2.11. The molecular formula is C20H12N2O4. The fourth-order valence-corrected chi connectivity index (χ4v) is 2.97. The normalized spacial score (nSPS) is 10.9. The van der Waals surface area contributed by atoms with Crippen LogP contribution in [0.25, 0.3) is 32.9 Å². The molecule has 4 aromatic rings. The Morgan fingerprint density at radius 3 is 1.42 bits per heavy atom. The van der Waals surface area contributed by atoms with Crippen LogP contribution in [0.4, 0.5) is 0 Å². The largest absolute Gasteiger partial charge is 0.476 e. The summed E-state index contributed by atoms with van der Waals surface area (Å²) in [5.74, 6) is -2.45. The van der Waals surface area contributed by atoms with Crippen molar-refractivity contribution >= 4 is 33.7 Å². The SMILES string of the molecule is O=C(O)c1nc2ccccc2cc1-c1cc2ccccc2nc1C(=O)O. The van der Waals surface area contributed by atoms with Gasteiger partial charge in [0.2, 0.25) is 0 Å². The Bertz CT molecular complexity index is 1110. The molecule has 0 saturated heterocycles. The molecule has 0 aliphatic rings. The maximum atomic E-state index is 11.8. The van der Waals surface area contributed by atoms with Gasteiger partial charge >= 0.3 is 11.9 Å². The number of carboxylic acids is 2. The van der Waals surface area contributed by atoms with Gasteiger partial charge in [-0.3, -0.25) is 0 Å². The van der Waals surface area contributed by atoms with Crippen LogP contribution < -0.4 is 0 Å². The first-order valence-electron chi connectivity index (χ1n) is 7.81. The van der Waals surface area contributed by atoms with E-state index in [9.17, 15) is 19.8 Å². The molecule has 0 spiro atoms. The van der Waals surface area contributed by atoms with Gasteiger partial charge in [-0.2, -0.15) is 0 Å². The molecule has 2 aromatic carbocycles. The lowest BCUT2D eigenvalue weighted by Gasteiger charge is -2.11. The molecule has 0 amide bonds. The third-order valence-electron chi connectivity index (χ3n) is 4.14. The number of hydrogen-bond donors (Lipinski definition) is 2. The van der Waals surface area contributed by atoms with E-state index >= 15 is 0 Å². The van der Waals surface area contributed by atoms with Gasteiger partial charge in [0.05, 0.1) is 11.0 Å². The lowest BCUT2D eigenvalue weighted by molar-refractivity contribution is 0.0678. The summed E-state index contributed by atoms with van der Waals surface area (Å²) in [6.07, 6.45) is 0. The maximum Gasteiger partial charge on any atom is 0.355 e. The van der Waals surface area contributed by atoms with Gasteiger partial charge in [0.1, 0.15) is 0 Å². The van der Waals surface area contributed by atoms with Crippen molar-refractivity contribution in [3.05, 3.63) is 72.1 Å². The lowest BCUT2D eigenvalue weighted by Crippen LogP contribution is -2.08. The first kappa shape index (κ1) is 15.7. The fraction of sp³-hybridized carbons (Fsp3) is 0. The van der Waals surface area contributed by atoms with E-state index < -0.39 is 11.9 Å². The predicted molar refractivity (Wildman–Crippen MR) is 96.4 cm³/mol. The number of pyridine rings is 2. The van der Waals surface area contributed by atoms with Gasteiger partial charge in [-0.25, -0.2) is 19.6 Å². The van der Waals surface area contributed by atoms with Crippen molar-refractivity contribution in [2.45, 2.75) is 0 Å². The molecule has 6 heteroatoms. The minimum atomic E-state index is -1.23. The molecule has 0 unspecified atom stereocenters. The highest BCUT2D eigenvalue weighted by Gasteiger charge is 2.22. The van der Waals surface area contributed by atoms with Crippen LogP contribution in [0.15, 0.2) is 60.7 Å². The van der Waals surface area contributed by atoms with Gasteiger partial charge in [-0.05, 0) is 24.3 Å². The lowest BCUT2D eigenvalue weighted by atomic mass is 9.98. The molecule has 26 heavy (non-hydrogen) atoms. The molecule has 0 saturated carbocycles. The van der Waals surface area contributed by atoms with Crippen LogP contribution in [0.3, 0.4) is 0 Å². The molecule has 6 nitrogen and oxygen atoms in total. The van der Waals surface area contributed by atoms with Crippen LogP contribution in [-0.2, 0) is 0 Å². The zero-order valence-corrected chi connectivity index (χ0v) is 13.4. The summed E-state index contributed by atoms with van der Waals surface area (Å²) < 4.78 is 0. The van der Waals surface area contributed by atoms with Crippen molar-refractivity contribution in [2.24, 2.45) is 0 Å². The minimum Gasteiger partial charge on any atom is -0.476 e. The number of hydrogen-bond acceptors (Lipinski definition) is 4. The average Bonchev–Trinajstić information content (AvgIpc) is 2.65. The van der Waals surface area contributed by atoms with Gasteiger partial charge in [-0.15, -0.1) is 0 Å². The molecule has 0 atom stereocenters. The van der Waals surface area contributed by atoms with Crippen LogP contribution in [0, 0.1) is 0 Å². The Morgan fingerprint density at radius 2 is 1.04 bits per heavy atom. The molecular weight excluding hydrogens is 332 g/mol. The van der Waals surface area contributed by atoms with Crippen LogP contribution in [-0.4, -0.2) is 32.1 Å². The van der Waals surface area contributed by atoms with Crippen LogP contribution in [0.5, 0.6) is 0 Å². The van der Waals surface area contributed by atoms with E-state index in [0.29, 0.717) is 11.0 Å². The van der Waals surface area contributed by atoms with E-state index in [1.807, 2.05) is 12.1 Å². The standard InChI is InChI=1S/C20H12N2O4/c23-19(24)17-13(9-11-5-1-3-7-15(11)21-17)14-10-12-6-2-4-8-16(12)22-18(14)20(25)26/h1-10H,(H,23,24)(H,25,26). The number of carboxylic acid groups (broad SMARTS) is 2. The molecule has 2 N–H and O–H groups in total. The molecule has 0 aliphatic heterocycles. The van der Waals surface area contributed by atoms with Gasteiger partial charge < -0.3 is 10.2 Å². The zero-order chi connectivity index (χ0) is 18.3. The summed E-state index contributed by atoms with van der Waals surface area (Å²) >= 11 is 0. The topological polar surface area (TPSA) is 100 Å². The number of para-hydroxylation sites is 2. The molecule has 126 valence electrons. The summed E-state index contributed by atoms with van der Waals surface area (Å²) in [7, 11) is 0. The van der Waals surface area contributed by atoms with Crippen molar-refractivity contribution in [3.63, 3.8) is 0 Å². The summed E-state index contributed by atoms with van der Waals surface area (Å²) in [4.78, 5) is 31.9. The Kier molecular flexibility index (Phi) is 3.58. The van der Waals surface area contributed by atoms with Crippen molar-refractivity contribution in [2.75, 3.05) is 0 Å². The summed E-state index contributed by atoms with van der Waals surface area (Å²) in [6.45, 7) is 0. The third kappa shape index (κ3) is 2.53. The smallest absolute Gasteiger partial charge is 0.355 e. The van der Waals surface area contributed by atoms with E-state index in [0.717, 1.165) is 10.8 Å². The fourth-order valence-electron chi connectivity index (χ4n) is 2.97. The Morgan fingerprint density at radius 1 is 0.654 bits per heavy atom. The summed E-state index contributed by atoms with van der Waals surface area (Å²) in [5, 5.41) is 20.6. The minimum absolute atomic E-state index is 0.205. The molecule has 0 fully saturated rings. The Hall–Kier alpha value is -3.80. The van der Waals surface area contributed by atoms with Gasteiger partial charge in [-0.1, -0.05) is 36.4 Å². The van der Waals surface area contributed by atoms with Crippen molar-refractivity contribution in [1.29, 1.82) is 0 Å². The number of carbonyl (C=O) groups is 2. The zero-order valence-electron chi connectivity index (χ0n) is 13.4. The third-order valence-corrected chi connectivity index (χ3v) is 4.14. The highest BCUT2D eigenvalue weighted by molar-refractivity contribution is 6.04.